The summed E-state index contributed by atoms with van der Waals surface area (Å²) in [5.74, 6) is 0.283. The van der Waals surface area contributed by atoms with Gasteiger partial charge >= 0.3 is 6.18 Å². The van der Waals surface area contributed by atoms with Crippen molar-refractivity contribution in [2.24, 2.45) is 0 Å². The van der Waals surface area contributed by atoms with Gasteiger partial charge in [-0.1, -0.05) is 12.1 Å². The molecule has 0 atom stereocenters. The zero-order chi connectivity index (χ0) is 27.1. The van der Waals surface area contributed by atoms with Crippen LogP contribution in [0.25, 0.3) is 38.1 Å². The number of ether oxygens (including phenoxy) is 2. The average molecular weight is 536 g/mol. The number of hydrogen-bond donors (Lipinski definition) is 1. The van der Waals surface area contributed by atoms with Crippen molar-refractivity contribution in [1.29, 1.82) is 0 Å². The van der Waals surface area contributed by atoms with Crippen LogP contribution in [0.4, 0.5) is 23.5 Å². The Kier molecular flexibility index (Phi) is 4.94. The van der Waals surface area contributed by atoms with Gasteiger partial charge in [0.15, 0.2) is 11.6 Å². The molecule has 8 nitrogen and oxygen atoms in total. The van der Waals surface area contributed by atoms with Crippen LogP contribution in [0.15, 0.2) is 42.9 Å². The van der Waals surface area contributed by atoms with Crippen LogP contribution in [-0.2, 0) is 19.1 Å². The maximum atomic E-state index is 16.2. The first-order valence-corrected chi connectivity index (χ1v) is 12.1. The number of benzene rings is 2. The molecule has 1 aliphatic rings. The fraction of sp³-hybridized carbons (Fsp3) is 0.222. The topological polar surface area (TPSA) is 80.6 Å². The van der Waals surface area contributed by atoms with Crippen molar-refractivity contribution in [1.82, 2.24) is 24.6 Å². The highest BCUT2D eigenvalue weighted by Gasteiger charge is 2.33. The Balaban J connectivity index is 1.55. The zero-order valence-corrected chi connectivity index (χ0v) is 20.7. The van der Waals surface area contributed by atoms with E-state index in [1.165, 1.54) is 7.11 Å². The Morgan fingerprint density at radius 1 is 0.974 bits per heavy atom. The molecule has 0 bridgehead atoms. The van der Waals surface area contributed by atoms with Gasteiger partial charge in [0.05, 0.1) is 36.5 Å². The van der Waals surface area contributed by atoms with Crippen LogP contribution in [0.1, 0.15) is 16.8 Å². The van der Waals surface area contributed by atoms with Gasteiger partial charge in [0.1, 0.15) is 11.3 Å². The summed E-state index contributed by atoms with van der Waals surface area (Å²) in [7, 11) is 2.97. The number of para-hydroxylation sites is 1. The second-order valence-corrected chi connectivity index (χ2v) is 9.35. The summed E-state index contributed by atoms with van der Waals surface area (Å²) in [6, 6.07) is 7.28. The highest BCUT2D eigenvalue weighted by molar-refractivity contribution is 6.25. The molecule has 0 saturated carbocycles. The van der Waals surface area contributed by atoms with E-state index >= 15 is 4.39 Å². The zero-order valence-electron chi connectivity index (χ0n) is 20.7. The Hall–Kier alpha value is -4.61. The molecule has 0 radical (unpaired) electrons. The fourth-order valence-electron chi connectivity index (χ4n) is 5.62. The van der Waals surface area contributed by atoms with Crippen molar-refractivity contribution in [2.75, 3.05) is 25.7 Å². The quantitative estimate of drug-likeness (QED) is 0.233. The average Bonchev–Trinajstić information content (AvgIpc) is 3.57. The molecule has 0 unspecified atom stereocenters. The van der Waals surface area contributed by atoms with E-state index in [-0.39, 0.29) is 18.2 Å². The molecule has 39 heavy (non-hydrogen) atoms. The summed E-state index contributed by atoms with van der Waals surface area (Å²) in [6.45, 7) is 0.733. The van der Waals surface area contributed by atoms with Crippen LogP contribution in [-0.4, -0.2) is 45.3 Å². The van der Waals surface area contributed by atoms with Crippen LogP contribution >= 0.6 is 0 Å². The lowest BCUT2D eigenvalue weighted by Crippen LogP contribution is -2.31. The molecule has 1 aliphatic heterocycles. The van der Waals surface area contributed by atoms with Crippen molar-refractivity contribution in [2.45, 2.75) is 19.1 Å². The van der Waals surface area contributed by atoms with E-state index in [0.29, 0.717) is 51.4 Å². The number of fused-ring (bicyclic) bond motifs is 10. The van der Waals surface area contributed by atoms with E-state index in [0.717, 1.165) is 29.0 Å². The molecule has 4 aromatic heterocycles. The maximum absolute atomic E-state index is 16.2. The van der Waals surface area contributed by atoms with Gasteiger partial charge < -0.3 is 19.4 Å². The monoisotopic (exact) mass is 536 g/mol. The first kappa shape index (κ1) is 23.5. The van der Waals surface area contributed by atoms with Crippen LogP contribution in [0, 0.1) is 5.82 Å². The summed E-state index contributed by atoms with van der Waals surface area (Å²) in [5.41, 5.74) is 2.50. The lowest BCUT2D eigenvalue weighted by molar-refractivity contribution is -0.138. The summed E-state index contributed by atoms with van der Waals surface area (Å²) < 4.78 is 68.4. The van der Waals surface area contributed by atoms with E-state index in [4.69, 9.17) is 14.6 Å². The number of hydrogen-bond acceptors (Lipinski definition) is 6. The first-order chi connectivity index (χ1) is 18.8. The Labute approximate surface area is 217 Å². The lowest BCUT2D eigenvalue weighted by Gasteiger charge is -2.26. The van der Waals surface area contributed by atoms with Gasteiger partial charge in [0.25, 0.3) is 0 Å². The first-order valence-electron chi connectivity index (χ1n) is 12.1. The van der Waals surface area contributed by atoms with Gasteiger partial charge in [-0.15, -0.1) is 0 Å². The van der Waals surface area contributed by atoms with E-state index < -0.39 is 17.6 Å². The minimum atomic E-state index is -4.53. The number of nitrogens with zero attached hydrogens (tertiary/aromatic N) is 5. The van der Waals surface area contributed by atoms with Crippen molar-refractivity contribution >= 4 is 44.0 Å². The van der Waals surface area contributed by atoms with Gasteiger partial charge in [-0.2, -0.15) is 18.3 Å². The molecule has 2 aromatic carbocycles. The standard InChI is InChI=1S/C27H20F4N6O2/c1-38-18-5-3-4-15-19-20(14-6-8-32-22(14)25(39-2)21(19)28)24-16-12-36(9-7-17(16)35-37(24)23(15)18)26-33-10-13(11-34-26)27(29,30)31/h3-6,8,10-11,32H,7,9,12H2,1-2H3. The minimum Gasteiger partial charge on any atom is -0.494 e. The third kappa shape index (κ3) is 3.26. The number of methoxy groups -OCH3 is 2. The van der Waals surface area contributed by atoms with E-state index in [9.17, 15) is 13.2 Å². The molecule has 12 heteroatoms. The molecule has 5 heterocycles. The van der Waals surface area contributed by atoms with Gasteiger partial charge in [-0.3, -0.25) is 0 Å². The van der Waals surface area contributed by atoms with E-state index in [2.05, 4.69) is 15.0 Å². The number of rotatable bonds is 3. The van der Waals surface area contributed by atoms with Crippen molar-refractivity contribution in [3.05, 3.63) is 65.5 Å². The number of H-pyrrole nitrogens is 1. The van der Waals surface area contributed by atoms with Gasteiger partial charge in [-0.05, 0) is 12.1 Å². The number of pyridine rings is 1. The lowest BCUT2D eigenvalue weighted by atomic mass is 9.97. The molecular weight excluding hydrogens is 516 g/mol. The summed E-state index contributed by atoms with van der Waals surface area (Å²) >= 11 is 0. The van der Waals surface area contributed by atoms with Crippen LogP contribution < -0.4 is 14.4 Å². The normalized spacial score (nSPS) is 14.1. The highest BCUT2D eigenvalue weighted by Crippen LogP contribution is 2.45. The number of halogens is 4. The third-order valence-electron chi connectivity index (χ3n) is 7.34. The molecule has 6 aromatic rings. The molecule has 0 aliphatic carbocycles. The van der Waals surface area contributed by atoms with E-state index in [1.54, 1.807) is 34.9 Å². The minimum absolute atomic E-state index is 0.101. The number of nitrogens with one attached hydrogen (secondary N) is 1. The predicted molar refractivity (Wildman–Crippen MR) is 137 cm³/mol. The maximum Gasteiger partial charge on any atom is 0.419 e. The molecule has 7 rings (SSSR count). The third-order valence-corrected chi connectivity index (χ3v) is 7.34. The van der Waals surface area contributed by atoms with Gasteiger partial charge in [-0.25, -0.2) is 18.9 Å². The van der Waals surface area contributed by atoms with E-state index in [1.807, 2.05) is 12.1 Å². The largest absolute Gasteiger partial charge is 0.494 e. The van der Waals surface area contributed by atoms with Crippen molar-refractivity contribution in [3.8, 4) is 11.5 Å². The molecule has 0 amide bonds. The SMILES string of the molecule is COc1c(F)c2c3cccc(OC)c3n3nc4c(c3c2c2cc[nH]c12)CN(c1ncc(C(F)(F)F)cn1)CC4. The summed E-state index contributed by atoms with van der Waals surface area (Å²) in [4.78, 5) is 12.9. The molecule has 198 valence electrons. The molecule has 0 spiro atoms. The Morgan fingerprint density at radius 2 is 1.77 bits per heavy atom. The molecule has 0 saturated heterocycles. The van der Waals surface area contributed by atoms with Crippen LogP contribution in [0.5, 0.6) is 11.5 Å². The summed E-state index contributed by atoms with van der Waals surface area (Å²) in [5, 5.41) is 7.31. The van der Waals surface area contributed by atoms with Gasteiger partial charge in [0, 0.05) is 65.2 Å². The Morgan fingerprint density at radius 3 is 2.49 bits per heavy atom. The fourth-order valence-corrected chi connectivity index (χ4v) is 5.62. The second kappa shape index (κ2) is 8.19. The van der Waals surface area contributed by atoms with Crippen LogP contribution in [0.3, 0.4) is 0 Å². The van der Waals surface area contributed by atoms with Gasteiger partial charge in [0.2, 0.25) is 5.95 Å². The van der Waals surface area contributed by atoms with Crippen LogP contribution in [0.2, 0.25) is 0 Å². The number of aromatic amines is 1. The summed E-state index contributed by atoms with van der Waals surface area (Å²) in [6.07, 6.45) is -0.737. The Bertz CT molecular complexity index is 1930. The number of anilines is 1. The van der Waals surface area contributed by atoms with Crippen molar-refractivity contribution < 1.29 is 27.0 Å². The smallest absolute Gasteiger partial charge is 0.419 e. The molecule has 0 fully saturated rings. The predicted octanol–water partition coefficient (Wildman–Crippen LogP) is 5.65. The highest BCUT2D eigenvalue weighted by atomic mass is 19.4. The molecule has 1 N–H and O–H groups in total. The number of aromatic nitrogens is 5. The second-order valence-electron chi connectivity index (χ2n) is 9.35. The van der Waals surface area contributed by atoms with Crippen molar-refractivity contribution in [3.63, 3.8) is 0 Å². The number of alkyl halides is 3. The molecular formula is C27H20F4N6O2.